The SMILES string of the molecule is O=C(c1ccc(-c2ncnn2C2CC2)cc1)N1CC[C@H](N2CCc3ccccc3C2)[C@@H](O)C1. The zero-order valence-electron chi connectivity index (χ0n) is 18.7. The van der Waals surface area contributed by atoms with Crippen molar-refractivity contribution in [3.8, 4) is 11.4 Å². The van der Waals surface area contributed by atoms with Crippen LogP contribution in [0.15, 0.2) is 54.9 Å². The molecule has 1 aliphatic carbocycles. The molecule has 2 atom stereocenters. The van der Waals surface area contributed by atoms with Crippen LogP contribution in [0.25, 0.3) is 11.4 Å². The van der Waals surface area contributed by atoms with Crippen molar-refractivity contribution in [1.29, 1.82) is 0 Å². The first kappa shape index (κ1) is 20.6. The maximum Gasteiger partial charge on any atom is 0.253 e. The molecule has 2 aromatic carbocycles. The van der Waals surface area contributed by atoms with Gasteiger partial charge in [0.1, 0.15) is 6.33 Å². The van der Waals surface area contributed by atoms with Crippen LogP contribution in [-0.4, -0.2) is 67.4 Å². The fourth-order valence-corrected chi connectivity index (χ4v) is 5.32. The van der Waals surface area contributed by atoms with Crippen molar-refractivity contribution < 1.29 is 9.90 Å². The van der Waals surface area contributed by atoms with E-state index in [4.69, 9.17) is 0 Å². The monoisotopic (exact) mass is 443 g/mol. The number of benzene rings is 2. The van der Waals surface area contributed by atoms with Gasteiger partial charge in [0.05, 0.1) is 12.1 Å². The zero-order valence-corrected chi connectivity index (χ0v) is 18.7. The lowest BCUT2D eigenvalue weighted by atomic mass is 9.94. The quantitative estimate of drug-likeness (QED) is 0.671. The van der Waals surface area contributed by atoms with Gasteiger partial charge in [-0.15, -0.1) is 0 Å². The third kappa shape index (κ3) is 3.96. The van der Waals surface area contributed by atoms with Gasteiger partial charge in [-0.3, -0.25) is 9.69 Å². The van der Waals surface area contributed by atoms with Gasteiger partial charge in [0.25, 0.3) is 5.91 Å². The van der Waals surface area contributed by atoms with E-state index in [9.17, 15) is 9.90 Å². The summed E-state index contributed by atoms with van der Waals surface area (Å²) in [5.41, 5.74) is 4.38. The van der Waals surface area contributed by atoms with Crippen molar-refractivity contribution >= 4 is 5.91 Å². The Bertz CT molecular complexity index is 1150. The zero-order chi connectivity index (χ0) is 22.4. The predicted octanol–water partition coefficient (Wildman–Crippen LogP) is 2.91. The minimum atomic E-state index is -0.538. The number of fused-ring (bicyclic) bond motifs is 1. The molecule has 1 aromatic heterocycles. The first-order valence-corrected chi connectivity index (χ1v) is 12.0. The second-order valence-electron chi connectivity index (χ2n) is 9.50. The maximum atomic E-state index is 13.1. The van der Waals surface area contributed by atoms with Crippen LogP contribution >= 0.6 is 0 Å². The van der Waals surface area contributed by atoms with Gasteiger partial charge in [0.15, 0.2) is 5.82 Å². The molecule has 2 aliphatic heterocycles. The van der Waals surface area contributed by atoms with Crippen molar-refractivity contribution in [2.75, 3.05) is 19.6 Å². The highest BCUT2D eigenvalue weighted by Gasteiger charge is 2.35. The van der Waals surface area contributed by atoms with Crippen LogP contribution in [0.1, 0.15) is 46.8 Å². The van der Waals surface area contributed by atoms with E-state index in [1.807, 2.05) is 28.9 Å². The number of likely N-dealkylation sites (tertiary alicyclic amines) is 1. The van der Waals surface area contributed by atoms with Gasteiger partial charge in [-0.05, 0) is 48.9 Å². The van der Waals surface area contributed by atoms with Crippen molar-refractivity contribution in [3.05, 3.63) is 71.5 Å². The molecule has 3 heterocycles. The number of β-amino-alcohol motifs (C(OH)–C–C–N with tert-alkyl or cyclic N) is 1. The summed E-state index contributed by atoms with van der Waals surface area (Å²) in [4.78, 5) is 21.7. The molecule has 6 rings (SSSR count). The highest BCUT2D eigenvalue weighted by molar-refractivity contribution is 5.94. The van der Waals surface area contributed by atoms with Crippen LogP contribution in [0.5, 0.6) is 0 Å². The van der Waals surface area contributed by atoms with Crippen molar-refractivity contribution in [2.45, 2.75) is 50.4 Å². The Morgan fingerprint density at radius 1 is 0.970 bits per heavy atom. The van der Waals surface area contributed by atoms with Crippen LogP contribution in [0.4, 0.5) is 0 Å². The van der Waals surface area contributed by atoms with Gasteiger partial charge in [-0.1, -0.05) is 36.4 Å². The lowest BCUT2D eigenvalue weighted by molar-refractivity contribution is -0.0137. The molecular formula is C26H29N5O2. The Labute approximate surface area is 193 Å². The summed E-state index contributed by atoms with van der Waals surface area (Å²) < 4.78 is 1.98. The number of hydrogen-bond acceptors (Lipinski definition) is 5. The van der Waals surface area contributed by atoms with E-state index < -0.39 is 6.10 Å². The van der Waals surface area contributed by atoms with Gasteiger partial charge >= 0.3 is 0 Å². The average molecular weight is 444 g/mol. The fraction of sp³-hybridized carbons (Fsp3) is 0.423. The third-order valence-corrected chi connectivity index (χ3v) is 7.32. The Balaban J connectivity index is 1.11. The molecule has 0 spiro atoms. The molecule has 3 aromatic rings. The second kappa shape index (κ2) is 8.39. The second-order valence-corrected chi connectivity index (χ2v) is 9.50. The highest BCUT2D eigenvalue weighted by atomic mass is 16.3. The van der Waals surface area contributed by atoms with Gasteiger partial charge < -0.3 is 10.0 Å². The smallest absolute Gasteiger partial charge is 0.253 e. The molecule has 3 aliphatic rings. The summed E-state index contributed by atoms with van der Waals surface area (Å²) in [6.45, 7) is 2.87. The molecule has 1 saturated carbocycles. The minimum absolute atomic E-state index is 0.0216. The van der Waals surface area contributed by atoms with Gasteiger partial charge in [-0.25, -0.2) is 9.67 Å². The van der Waals surface area contributed by atoms with E-state index in [0.29, 0.717) is 24.7 Å². The molecule has 1 saturated heterocycles. The molecule has 7 nitrogen and oxygen atoms in total. The Kier molecular flexibility index (Phi) is 5.23. The van der Waals surface area contributed by atoms with Crippen LogP contribution < -0.4 is 0 Å². The summed E-state index contributed by atoms with van der Waals surface area (Å²) in [5.74, 6) is 0.836. The number of piperidine rings is 1. The van der Waals surface area contributed by atoms with Crippen molar-refractivity contribution in [3.63, 3.8) is 0 Å². The lowest BCUT2D eigenvalue weighted by Crippen LogP contribution is -2.56. The number of aliphatic hydroxyl groups excluding tert-OH is 1. The molecule has 0 radical (unpaired) electrons. The summed E-state index contributed by atoms with van der Waals surface area (Å²) in [7, 11) is 0. The topological polar surface area (TPSA) is 74.5 Å². The summed E-state index contributed by atoms with van der Waals surface area (Å²) in [5, 5.41) is 15.3. The molecule has 0 bridgehead atoms. The molecule has 1 N–H and O–H groups in total. The van der Waals surface area contributed by atoms with Crippen LogP contribution in [0.2, 0.25) is 0 Å². The summed E-state index contributed by atoms with van der Waals surface area (Å²) in [6, 6.07) is 16.7. The number of carbonyl (C=O) groups is 1. The molecule has 33 heavy (non-hydrogen) atoms. The van der Waals surface area contributed by atoms with Gasteiger partial charge in [0, 0.05) is 43.3 Å². The molecule has 7 heteroatoms. The number of carbonyl (C=O) groups excluding carboxylic acids is 1. The lowest BCUT2D eigenvalue weighted by Gasteiger charge is -2.43. The number of aromatic nitrogens is 3. The minimum Gasteiger partial charge on any atom is -0.390 e. The standard InChI is InChI=1S/C26H29N5O2/c32-24-16-30(14-12-23(24)29-13-11-18-3-1-2-4-21(18)15-29)26(33)20-7-5-19(6-8-20)25-27-17-28-31(25)22-9-10-22/h1-8,17,22-24,32H,9-16H2/t23-,24-/m0/s1. The first-order valence-electron chi connectivity index (χ1n) is 12.0. The average Bonchev–Trinajstić information content (AvgIpc) is 3.59. The van der Waals surface area contributed by atoms with Crippen LogP contribution in [0, 0.1) is 0 Å². The number of nitrogens with zero attached hydrogens (tertiary/aromatic N) is 5. The van der Waals surface area contributed by atoms with Crippen LogP contribution in [-0.2, 0) is 13.0 Å². The molecule has 1 amide bonds. The predicted molar refractivity (Wildman–Crippen MR) is 125 cm³/mol. The first-order chi connectivity index (χ1) is 16.2. The normalized spacial score (nSPS) is 23.4. The number of aliphatic hydroxyl groups is 1. The Morgan fingerprint density at radius 3 is 2.52 bits per heavy atom. The molecule has 0 unspecified atom stereocenters. The van der Waals surface area contributed by atoms with E-state index in [-0.39, 0.29) is 11.9 Å². The van der Waals surface area contributed by atoms with Gasteiger partial charge in [-0.2, -0.15) is 5.10 Å². The van der Waals surface area contributed by atoms with Crippen molar-refractivity contribution in [1.82, 2.24) is 24.6 Å². The van der Waals surface area contributed by atoms with Crippen LogP contribution in [0.3, 0.4) is 0 Å². The van der Waals surface area contributed by atoms with E-state index in [1.165, 1.54) is 11.1 Å². The van der Waals surface area contributed by atoms with E-state index >= 15 is 0 Å². The summed E-state index contributed by atoms with van der Waals surface area (Å²) >= 11 is 0. The largest absolute Gasteiger partial charge is 0.390 e. The highest BCUT2D eigenvalue weighted by Crippen LogP contribution is 2.37. The Hall–Kier alpha value is -3.03. The molecule has 2 fully saturated rings. The van der Waals surface area contributed by atoms with E-state index in [0.717, 1.165) is 50.2 Å². The number of rotatable bonds is 4. The summed E-state index contributed by atoms with van der Waals surface area (Å²) in [6.07, 6.45) is 5.16. The van der Waals surface area contributed by atoms with E-state index in [1.54, 1.807) is 11.2 Å². The van der Waals surface area contributed by atoms with Gasteiger partial charge in [0.2, 0.25) is 0 Å². The van der Waals surface area contributed by atoms with E-state index in [2.05, 4.69) is 39.2 Å². The number of hydrogen-bond donors (Lipinski definition) is 1. The fourth-order valence-electron chi connectivity index (χ4n) is 5.32. The Morgan fingerprint density at radius 2 is 1.76 bits per heavy atom. The van der Waals surface area contributed by atoms with Crippen molar-refractivity contribution in [2.24, 2.45) is 0 Å². The number of amides is 1. The molecule has 170 valence electrons. The molecular weight excluding hydrogens is 414 g/mol. The third-order valence-electron chi connectivity index (χ3n) is 7.32. The maximum absolute atomic E-state index is 13.1.